The summed E-state index contributed by atoms with van der Waals surface area (Å²) in [6.07, 6.45) is 4.08. The maximum absolute atomic E-state index is 12.5. The maximum Gasteiger partial charge on any atom is 0.279 e. The second kappa shape index (κ2) is 7.24. The van der Waals surface area contributed by atoms with Gasteiger partial charge in [-0.05, 0) is 25.8 Å². The van der Waals surface area contributed by atoms with E-state index in [9.17, 15) is 8.42 Å². The van der Waals surface area contributed by atoms with Gasteiger partial charge in [-0.1, -0.05) is 31.0 Å². The van der Waals surface area contributed by atoms with Crippen molar-refractivity contribution in [2.75, 3.05) is 20.2 Å². The zero-order valence-corrected chi connectivity index (χ0v) is 13.5. The summed E-state index contributed by atoms with van der Waals surface area (Å²) in [7, 11) is -1.86. The molecule has 6 heteroatoms. The van der Waals surface area contributed by atoms with Gasteiger partial charge in [-0.2, -0.15) is 17.4 Å². The average molecular weight is 312 g/mol. The van der Waals surface area contributed by atoms with E-state index in [0.29, 0.717) is 18.8 Å². The third-order valence-corrected chi connectivity index (χ3v) is 5.53. The number of nitrogens with one attached hydrogen (secondary N) is 1. The Balaban J connectivity index is 2.11. The molecule has 1 aliphatic heterocycles. The van der Waals surface area contributed by atoms with Crippen LogP contribution in [0.4, 0.5) is 0 Å². The summed E-state index contributed by atoms with van der Waals surface area (Å²) in [5, 5.41) is 0. The van der Waals surface area contributed by atoms with Crippen LogP contribution in [-0.4, -0.2) is 32.9 Å². The molecule has 1 atom stereocenters. The Morgan fingerprint density at radius 2 is 1.76 bits per heavy atom. The van der Waals surface area contributed by atoms with Gasteiger partial charge in [0, 0.05) is 24.7 Å². The van der Waals surface area contributed by atoms with E-state index in [1.54, 1.807) is 11.4 Å². The number of rotatable bonds is 5. The fourth-order valence-corrected chi connectivity index (χ4v) is 4.13. The first kappa shape index (κ1) is 16.3. The lowest BCUT2D eigenvalue weighted by Gasteiger charge is -2.24. The van der Waals surface area contributed by atoms with Crippen LogP contribution < -0.4 is 9.46 Å². The Morgan fingerprint density at radius 1 is 1.14 bits per heavy atom. The van der Waals surface area contributed by atoms with Crippen LogP contribution >= 0.6 is 0 Å². The molecule has 1 saturated heterocycles. The van der Waals surface area contributed by atoms with Gasteiger partial charge < -0.3 is 4.74 Å². The molecule has 0 amide bonds. The molecule has 0 aromatic heterocycles. The Morgan fingerprint density at radius 3 is 2.38 bits per heavy atom. The summed E-state index contributed by atoms with van der Waals surface area (Å²) >= 11 is 0. The van der Waals surface area contributed by atoms with Crippen molar-refractivity contribution in [3.8, 4) is 5.75 Å². The second-order valence-electron chi connectivity index (χ2n) is 5.40. The molecule has 5 nitrogen and oxygen atoms in total. The fraction of sp³-hybridized carbons (Fsp3) is 0.600. The molecule has 0 radical (unpaired) electrons. The van der Waals surface area contributed by atoms with Gasteiger partial charge in [-0.3, -0.25) is 0 Å². The van der Waals surface area contributed by atoms with Crippen molar-refractivity contribution in [3.05, 3.63) is 29.8 Å². The molecular weight excluding hydrogens is 288 g/mol. The average Bonchev–Trinajstić information content (AvgIpc) is 2.76. The molecule has 0 aliphatic carbocycles. The highest BCUT2D eigenvalue weighted by Crippen LogP contribution is 2.25. The number of methoxy groups -OCH3 is 1. The molecule has 21 heavy (non-hydrogen) atoms. The molecule has 0 unspecified atom stereocenters. The summed E-state index contributed by atoms with van der Waals surface area (Å²) in [5.74, 6) is 0.698. The number of hydrogen-bond acceptors (Lipinski definition) is 3. The lowest BCUT2D eigenvalue weighted by atomic mass is 10.1. The molecule has 1 aromatic carbocycles. The van der Waals surface area contributed by atoms with Gasteiger partial charge in [0.15, 0.2) is 0 Å². The number of para-hydroxylation sites is 1. The van der Waals surface area contributed by atoms with Crippen LogP contribution in [0.25, 0.3) is 0 Å². The summed E-state index contributed by atoms with van der Waals surface area (Å²) in [6.45, 7) is 3.05. The summed E-state index contributed by atoms with van der Waals surface area (Å²) in [6, 6.07) is 7.15. The van der Waals surface area contributed by atoms with Gasteiger partial charge in [-0.25, -0.2) is 0 Å². The third kappa shape index (κ3) is 4.18. The van der Waals surface area contributed by atoms with Gasteiger partial charge >= 0.3 is 0 Å². The van der Waals surface area contributed by atoms with Crippen molar-refractivity contribution in [1.29, 1.82) is 0 Å². The maximum atomic E-state index is 12.5. The lowest BCUT2D eigenvalue weighted by Crippen LogP contribution is -2.42. The SMILES string of the molecule is COc1ccccc1[C@@H](C)NS(=O)(=O)N1CCCCCC1. The summed E-state index contributed by atoms with van der Waals surface area (Å²) in [5.41, 5.74) is 0.846. The van der Waals surface area contributed by atoms with Gasteiger partial charge in [0.2, 0.25) is 0 Å². The zero-order valence-electron chi connectivity index (χ0n) is 12.7. The predicted octanol–water partition coefficient (Wildman–Crippen LogP) is 2.47. The molecule has 1 heterocycles. The van der Waals surface area contributed by atoms with E-state index < -0.39 is 10.2 Å². The van der Waals surface area contributed by atoms with Crippen LogP contribution in [-0.2, 0) is 10.2 Å². The topological polar surface area (TPSA) is 58.6 Å². The zero-order chi connectivity index (χ0) is 15.3. The first-order valence-electron chi connectivity index (χ1n) is 7.45. The van der Waals surface area contributed by atoms with Crippen LogP contribution in [0, 0.1) is 0 Å². The first-order chi connectivity index (χ1) is 10.0. The summed E-state index contributed by atoms with van der Waals surface area (Å²) in [4.78, 5) is 0. The molecular formula is C15H24N2O3S. The first-order valence-corrected chi connectivity index (χ1v) is 8.89. The van der Waals surface area contributed by atoms with Gasteiger partial charge in [0.25, 0.3) is 10.2 Å². The fourth-order valence-electron chi connectivity index (χ4n) is 2.67. The van der Waals surface area contributed by atoms with E-state index in [0.717, 1.165) is 31.2 Å². The minimum absolute atomic E-state index is 0.325. The van der Waals surface area contributed by atoms with Crippen molar-refractivity contribution in [3.63, 3.8) is 0 Å². The minimum atomic E-state index is -3.45. The van der Waals surface area contributed by atoms with Gasteiger partial charge in [0.05, 0.1) is 7.11 Å². The van der Waals surface area contributed by atoms with Crippen molar-refractivity contribution >= 4 is 10.2 Å². The molecule has 1 fully saturated rings. The number of hydrogen-bond donors (Lipinski definition) is 1. The van der Waals surface area contributed by atoms with Crippen LogP contribution in [0.2, 0.25) is 0 Å². The molecule has 2 rings (SSSR count). The van der Waals surface area contributed by atoms with Crippen LogP contribution in [0.5, 0.6) is 5.75 Å². The Labute approximate surface area is 127 Å². The quantitative estimate of drug-likeness (QED) is 0.908. The van der Waals surface area contributed by atoms with E-state index in [-0.39, 0.29) is 6.04 Å². The molecule has 118 valence electrons. The standard InChI is InChI=1S/C15H24N2O3S/c1-13(14-9-5-6-10-15(14)20-2)16-21(18,19)17-11-7-3-4-8-12-17/h5-6,9-10,13,16H,3-4,7-8,11-12H2,1-2H3/t13-/m1/s1. The van der Waals surface area contributed by atoms with Crippen LogP contribution in [0.3, 0.4) is 0 Å². The Hall–Kier alpha value is -1.11. The highest BCUT2D eigenvalue weighted by Gasteiger charge is 2.25. The third-order valence-electron chi connectivity index (χ3n) is 3.84. The number of ether oxygens (including phenoxy) is 1. The van der Waals surface area contributed by atoms with Crippen LogP contribution in [0.1, 0.15) is 44.2 Å². The molecule has 1 aromatic rings. The predicted molar refractivity (Wildman–Crippen MR) is 83.5 cm³/mol. The smallest absolute Gasteiger partial charge is 0.279 e. The molecule has 0 saturated carbocycles. The van der Waals surface area contributed by atoms with Crippen molar-refractivity contribution in [1.82, 2.24) is 9.03 Å². The molecule has 1 N–H and O–H groups in total. The van der Waals surface area contributed by atoms with Crippen molar-refractivity contribution < 1.29 is 13.2 Å². The van der Waals surface area contributed by atoms with Crippen molar-refractivity contribution in [2.45, 2.75) is 38.6 Å². The molecule has 0 spiro atoms. The highest BCUT2D eigenvalue weighted by molar-refractivity contribution is 7.87. The number of nitrogens with zero attached hydrogens (tertiary/aromatic N) is 1. The van der Waals surface area contributed by atoms with Gasteiger partial charge in [-0.15, -0.1) is 0 Å². The lowest BCUT2D eigenvalue weighted by molar-refractivity contribution is 0.397. The second-order valence-corrected chi connectivity index (χ2v) is 7.10. The van der Waals surface area contributed by atoms with E-state index in [4.69, 9.17) is 4.74 Å². The normalized spacial score (nSPS) is 19.0. The van der Waals surface area contributed by atoms with Gasteiger partial charge in [0.1, 0.15) is 5.75 Å². The summed E-state index contributed by atoms with van der Waals surface area (Å²) < 4.78 is 34.6. The molecule has 0 bridgehead atoms. The monoisotopic (exact) mass is 312 g/mol. The van der Waals surface area contributed by atoms with E-state index in [1.807, 2.05) is 31.2 Å². The number of benzene rings is 1. The Kier molecular flexibility index (Phi) is 5.61. The van der Waals surface area contributed by atoms with Crippen molar-refractivity contribution in [2.24, 2.45) is 0 Å². The minimum Gasteiger partial charge on any atom is -0.496 e. The van der Waals surface area contributed by atoms with Crippen LogP contribution in [0.15, 0.2) is 24.3 Å². The van der Waals surface area contributed by atoms with E-state index in [2.05, 4.69) is 4.72 Å². The highest BCUT2D eigenvalue weighted by atomic mass is 32.2. The largest absolute Gasteiger partial charge is 0.496 e. The van der Waals surface area contributed by atoms with E-state index >= 15 is 0 Å². The van der Waals surface area contributed by atoms with E-state index in [1.165, 1.54) is 0 Å². The molecule has 1 aliphatic rings. The Bertz CT molecular complexity index is 552.